The summed E-state index contributed by atoms with van der Waals surface area (Å²) >= 11 is 0. The minimum Gasteiger partial charge on any atom is -0.497 e. The molecule has 0 aliphatic heterocycles. The van der Waals surface area contributed by atoms with Crippen LogP contribution in [0.25, 0.3) is 11.3 Å². The number of aryl methyl sites for hydroxylation is 1. The summed E-state index contributed by atoms with van der Waals surface area (Å²) < 4.78 is 6.57. The molecule has 21 heavy (non-hydrogen) atoms. The van der Waals surface area contributed by atoms with Gasteiger partial charge in [0.25, 0.3) is 5.56 Å². The smallest absolute Gasteiger partial charge is 0.272 e. The van der Waals surface area contributed by atoms with Crippen molar-refractivity contribution in [2.45, 2.75) is 32.9 Å². The third-order valence-electron chi connectivity index (χ3n) is 3.30. The van der Waals surface area contributed by atoms with Crippen molar-refractivity contribution >= 4 is 0 Å². The molecule has 0 unspecified atom stereocenters. The summed E-state index contributed by atoms with van der Waals surface area (Å²) in [5, 5.41) is 14.5. The Morgan fingerprint density at radius 2 is 2.05 bits per heavy atom. The van der Waals surface area contributed by atoms with Gasteiger partial charge in [-0.2, -0.15) is 5.10 Å². The van der Waals surface area contributed by atoms with E-state index in [0.717, 1.165) is 5.56 Å². The molecular weight excluding hydrogens is 268 g/mol. The number of rotatable bonds is 4. The molecule has 5 heteroatoms. The zero-order valence-electron chi connectivity index (χ0n) is 12.8. The van der Waals surface area contributed by atoms with E-state index < -0.39 is 5.60 Å². The van der Waals surface area contributed by atoms with Crippen LogP contribution in [-0.2, 0) is 12.1 Å². The third kappa shape index (κ3) is 3.13. The van der Waals surface area contributed by atoms with E-state index in [9.17, 15) is 9.90 Å². The topological polar surface area (TPSA) is 64.3 Å². The molecule has 0 saturated heterocycles. The van der Waals surface area contributed by atoms with Crippen molar-refractivity contribution in [3.05, 3.63) is 46.2 Å². The Bertz CT molecular complexity index is 699. The van der Waals surface area contributed by atoms with Gasteiger partial charge in [-0.05, 0) is 39.0 Å². The number of hydrogen-bond donors (Lipinski definition) is 1. The van der Waals surface area contributed by atoms with Crippen molar-refractivity contribution in [1.29, 1.82) is 0 Å². The van der Waals surface area contributed by atoms with Gasteiger partial charge in [0.05, 0.1) is 24.0 Å². The molecule has 1 heterocycles. The molecule has 0 spiro atoms. The number of methoxy groups -OCH3 is 1. The molecule has 0 saturated carbocycles. The van der Waals surface area contributed by atoms with Crippen LogP contribution in [0.1, 0.15) is 26.3 Å². The van der Waals surface area contributed by atoms with Crippen molar-refractivity contribution in [2.24, 2.45) is 0 Å². The van der Waals surface area contributed by atoms with E-state index in [-0.39, 0.29) is 5.56 Å². The summed E-state index contributed by atoms with van der Waals surface area (Å²) in [5.74, 6) is 0.716. The fourth-order valence-electron chi connectivity index (χ4n) is 2.12. The van der Waals surface area contributed by atoms with Crippen LogP contribution in [0, 0.1) is 0 Å². The first kappa shape index (κ1) is 15.3. The number of aromatic nitrogens is 2. The molecule has 2 rings (SSSR count). The second kappa shape index (κ2) is 5.69. The monoisotopic (exact) mass is 288 g/mol. The quantitative estimate of drug-likeness (QED) is 0.936. The molecule has 0 fully saturated rings. The number of benzene rings is 1. The average Bonchev–Trinajstić information content (AvgIpc) is 2.46. The van der Waals surface area contributed by atoms with E-state index in [1.54, 1.807) is 27.0 Å². The molecule has 0 bridgehead atoms. The van der Waals surface area contributed by atoms with Crippen LogP contribution < -0.4 is 10.3 Å². The Labute approximate surface area is 123 Å². The molecule has 2 aromatic rings. The van der Waals surface area contributed by atoms with Gasteiger partial charge in [-0.1, -0.05) is 12.1 Å². The molecule has 0 aliphatic carbocycles. The van der Waals surface area contributed by atoms with Gasteiger partial charge in [-0.15, -0.1) is 0 Å². The minimum absolute atomic E-state index is 0.267. The Morgan fingerprint density at radius 3 is 2.62 bits per heavy atom. The van der Waals surface area contributed by atoms with Gasteiger partial charge < -0.3 is 9.84 Å². The number of aliphatic hydroxyl groups is 1. The molecule has 0 amide bonds. The van der Waals surface area contributed by atoms with Gasteiger partial charge in [-0.25, -0.2) is 4.68 Å². The SMILES string of the molecule is CCn1nc(-c2cccc(OC)c2)cc(C(C)(C)O)c1=O. The first-order valence-corrected chi connectivity index (χ1v) is 6.86. The summed E-state index contributed by atoms with van der Waals surface area (Å²) in [5.41, 5.74) is 0.313. The Balaban J connectivity index is 2.66. The van der Waals surface area contributed by atoms with Crippen molar-refractivity contribution in [3.8, 4) is 17.0 Å². The van der Waals surface area contributed by atoms with Crippen LogP contribution in [0.3, 0.4) is 0 Å². The fraction of sp³-hybridized carbons (Fsp3) is 0.375. The van der Waals surface area contributed by atoms with E-state index in [2.05, 4.69) is 5.10 Å². The van der Waals surface area contributed by atoms with Crippen LogP contribution in [0.5, 0.6) is 5.75 Å². The Hall–Kier alpha value is -2.14. The number of hydrogen-bond acceptors (Lipinski definition) is 4. The standard InChI is InChI=1S/C16H20N2O3/c1-5-18-15(19)13(16(2,3)20)10-14(17-18)11-7-6-8-12(9-11)21-4/h6-10,20H,5H2,1-4H3. The molecule has 0 radical (unpaired) electrons. The molecule has 0 aliphatic rings. The zero-order chi connectivity index (χ0) is 15.6. The normalized spacial score (nSPS) is 11.5. The Morgan fingerprint density at radius 1 is 1.33 bits per heavy atom. The van der Waals surface area contributed by atoms with Crippen LogP contribution in [0.4, 0.5) is 0 Å². The average molecular weight is 288 g/mol. The number of ether oxygens (including phenoxy) is 1. The fourth-order valence-corrected chi connectivity index (χ4v) is 2.12. The first-order chi connectivity index (χ1) is 9.86. The summed E-state index contributed by atoms with van der Waals surface area (Å²) in [6.07, 6.45) is 0. The molecular formula is C16H20N2O3. The third-order valence-corrected chi connectivity index (χ3v) is 3.30. The van der Waals surface area contributed by atoms with Gasteiger partial charge in [0, 0.05) is 12.1 Å². The van der Waals surface area contributed by atoms with Crippen LogP contribution in [-0.4, -0.2) is 22.0 Å². The predicted molar refractivity (Wildman–Crippen MR) is 81.4 cm³/mol. The van der Waals surface area contributed by atoms with Crippen molar-refractivity contribution in [1.82, 2.24) is 9.78 Å². The summed E-state index contributed by atoms with van der Waals surface area (Å²) in [6.45, 7) is 5.48. The van der Waals surface area contributed by atoms with E-state index in [4.69, 9.17) is 4.74 Å². The highest BCUT2D eigenvalue weighted by Crippen LogP contribution is 2.24. The largest absolute Gasteiger partial charge is 0.497 e. The molecule has 1 aromatic carbocycles. The zero-order valence-corrected chi connectivity index (χ0v) is 12.8. The maximum absolute atomic E-state index is 12.3. The second-order valence-electron chi connectivity index (χ2n) is 5.36. The highest BCUT2D eigenvalue weighted by molar-refractivity contribution is 5.61. The van der Waals surface area contributed by atoms with E-state index in [0.29, 0.717) is 23.6 Å². The predicted octanol–water partition coefficient (Wildman–Crippen LogP) is 2.17. The minimum atomic E-state index is -1.22. The second-order valence-corrected chi connectivity index (χ2v) is 5.36. The van der Waals surface area contributed by atoms with E-state index in [1.165, 1.54) is 4.68 Å². The molecule has 5 nitrogen and oxygen atoms in total. The van der Waals surface area contributed by atoms with Crippen LogP contribution in [0.2, 0.25) is 0 Å². The molecule has 112 valence electrons. The summed E-state index contributed by atoms with van der Waals surface area (Å²) in [7, 11) is 1.60. The van der Waals surface area contributed by atoms with Crippen molar-refractivity contribution in [2.75, 3.05) is 7.11 Å². The summed E-state index contributed by atoms with van der Waals surface area (Å²) in [4.78, 5) is 12.3. The molecule has 0 atom stereocenters. The highest BCUT2D eigenvalue weighted by atomic mass is 16.5. The van der Waals surface area contributed by atoms with Gasteiger partial charge in [-0.3, -0.25) is 4.79 Å². The van der Waals surface area contributed by atoms with Gasteiger partial charge >= 0.3 is 0 Å². The first-order valence-electron chi connectivity index (χ1n) is 6.86. The van der Waals surface area contributed by atoms with Gasteiger partial charge in [0.15, 0.2) is 0 Å². The van der Waals surface area contributed by atoms with E-state index >= 15 is 0 Å². The van der Waals surface area contributed by atoms with Crippen LogP contribution >= 0.6 is 0 Å². The highest BCUT2D eigenvalue weighted by Gasteiger charge is 2.23. The molecule has 1 N–H and O–H groups in total. The lowest BCUT2D eigenvalue weighted by Crippen LogP contribution is -2.33. The van der Waals surface area contributed by atoms with Gasteiger partial charge in [0.2, 0.25) is 0 Å². The number of nitrogens with zero attached hydrogens (tertiary/aromatic N) is 2. The molecule has 1 aromatic heterocycles. The lowest BCUT2D eigenvalue weighted by Gasteiger charge is -2.19. The maximum Gasteiger partial charge on any atom is 0.272 e. The summed E-state index contributed by atoms with van der Waals surface area (Å²) in [6, 6.07) is 9.09. The van der Waals surface area contributed by atoms with Crippen LogP contribution in [0.15, 0.2) is 35.1 Å². The Kier molecular flexibility index (Phi) is 4.14. The lowest BCUT2D eigenvalue weighted by molar-refractivity contribution is 0.0762. The van der Waals surface area contributed by atoms with Crippen molar-refractivity contribution in [3.63, 3.8) is 0 Å². The van der Waals surface area contributed by atoms with Gasteiger partial charge in [0.1, 0.15) is 5.75 Å². The lowest BCUT2D eigenvalue weighted by atomic mass is 9.98. The van der Waals surface area contributed by atoms with E-state index in [1.807, 2.05) is 31.2 Å². The maximum atomic E-state index is 12.3. The van der Waals surface area contributed by atoms with Crippen molar-refractivity contribution < 1.29 is 9.84 Å².